The van der Waals surface area contributed by atoms with Crippen molar-refractivity contribution in [2.45, 2.75) is 6.10 Å². The molecule has 0 saturated carbocycles. The molecule has 1 aliphatic rings. The van der Waals surface area contributed by atoms with Crippen molar-refractivity contribution < 1.29 is 9.90 Å². The van der Waals surface area contributed by atoms with Gasteiger partial charge in [0.15, 0.2) is 5.78 Å². The summed E-state index contributed by atoms with van der Waals surface area (Å²) in [5.74, 6) is -0.325. The van der Waals surface area contributed by atoms with Crippen LogP contribution in [0.4, 0.5) is 0 Å². The lowest BCUT2D eigenvalue weighted by molar-refractivity contribution is -0.404. The Hall–Kier alpha value is -1.93. The topological polar surface area (TPSA) is 40.1 Å². The molecule has 2 aromatic rings. The van der Waals surface area contributed by atoms with E-state index in [0.29, 0.717) is 11.1 Å². The summed E-state index contributed by atoms with van der Waals surface area (Å²) in [5, 5.41) is 11.9. The number of ketones is 1. The van der Waals surface area contributed by atoms with Gasteiger partial charge in [0.1, 0.15) is 0 Å². The smallest absolute Gasteiger partial charge is 0.154 e. The van der Waals surface area contributed by atoms with E-state index in [2.05, 4.69) is 0 Å². The molecule has 0 amide bonds. The van der Waals surface area contributed by atoms with E-state index in [1.165, 1.54) is 0 Å². The molecule has 3 rings (SSSR count). The van der Waals surface area contributed by atoms with E-state index in [1.807, 2.05) is 24.3 Å². The Balaban J connectivity index is 2.37. The Morgan fingerprint density at radius 3 is 2.12 bits per heavy atom. The minimum absolute atomic E-state index is 0.325. The Labute approximate surface area is 93.2 Å². The number of hydrogen-bond acceptors (Lipinski definition) is 2. The molecule has 1 unspecified atom stereocenters. The normalized spacial score (nSPS) is 17.8. The summed E-state index contributed by atoms with van der Waals surface area (Å²) < 4.78 is 0. The van der Waals surface area contributed by atoms with E-state index in [0.717, 1.165) is 11.1 Å². The third-order valence-electron chi connectivity index (χ3n) is 2.96. The molecular weight excluding hydrogens is 200 g/mol. The van der Waals surface area contributed by atoms with Gasteiger partial charge in [0.05, 0.1) is 0 Å². The predicted molar refractivity (Wildman–Crippen MR) is 58.9 cm³/mol. The Morgan fingerprint density at radius 1 is 0.812 bits per heavy atom. The van der Waals surface area contributed by atoms with E-state index in [4.69, 9.17) is 0 Å². The largest absolute Gasteiger partial charge is 0.843 e. The fraction of sp³-hybridized carbons (Fsp3) is 0.0714. The molecule has 0 fully saturated rings. The van der Waals surface area contributed by atoms with Crippen molar-refractivity contribution in [1.29, 1.82) is 0 Å². The van der Waals surface area contributed by atoms with Crippen LogP contribution in [0.25, 0.3) is 11.1 Å². The molecule has 78 valence electrons. The molecule has 2 nitrogen and oxygen atoms in total. The maximum Gasteiger partial charge on any atom is 0.154 e. The van der Waals surface area contributed by atoms with Crippen LogP contribution in [0.15, 0.2) is 48.5 Å². The van der Waals surface area contributed by atoms with Crippen molar-refractivity contribution >= 4 is 5.78 Å². The first-order valence-electron chi connectivity index (χ1n) is 5.17. The summed E-state index contributed by atoms with van der Waals surface area (Å²) in [6.45, 7) is 0. The average molecular weight is 209 g/mol. The monoisotopic (exact) mass is 209 g/mol. The summed E-state index contributed by atoms with van der Waals surface area (Å²) in [6, 6.07) is 14.6. The van der Waals surface area contributed by atoms with Crippen LogP contribution in [0.3, 0.4) is 0 Å². The summed E-state index contributed by atoms with van der Waals surface area (Å²) in [7, 11) is 0. The molecule has 0 spiro atoms. The highest BCUT2D eigenvalue weighted by atomic mass is 16.3. The fourth-order valence-corrected chi connectivity index (χ4v) is 2.19. The van der Waals surface area contributed by atoms with Gasteiger partial charge in [-0.2, -0.15) is 0 Å². The van der Waals surface area contributed by atoms with Crippen LogP contribution >= 0.6 is 0 Å². The van der Waals surface area contributed by atoms with Crippen LogP contribution in [0, 0.1) is 0 Å². The second kappa shape index (κ2) is 3.29. The maximum atomic E-state index is 11.9. The molecule has 16 heavy (non-hydrogen) atoms. The van der Waals surface area contributed by atoms with Gasteiger partial charge in [-0.1, -0.05) is 48.5 Å². The maximum absolute atomic E-state index is 11.9. The second-order valence-electron chi connectivity index (χ2n) is 3.88. The molecule has 2 aromatic carbocycles. The number of benzene rings is 2. The summed E-state index contributed by atoms with van der Waals surface area (Å²) in [4.78, 5) is 11.9. The fourth-order valence-electron chi connectivity index (χ4n) is 2.19. The van der Waals surface area contributed by atoms with E-state index in [9.17, 15) is 9.90 Å². The molecule has 1 aliphatic carbocycles. The molecule has 0 bridgehead atoms. The number of carbonyl (C=O) groups excluding carboxylic acids is 1. The second-order valence-corrected chi connectivity index (χ2v) is 3.88. The molecule has 1 atom stereocenters. The van der Waals surface area contributed by atoms with Gasteiger partial charge in [-0.25, -0.2) is 0 Å². The molecule has 0 aromatic heterocycles. The molecule has 0 radical (unpaired) electrons. The highest BCUT2D eigenvalue weighted by Gasteiger charge is 2.23. The minimum Gasteiger partial charge on any atom is -0.843 e. The van der Waals surface area contributed by atoms with Crippen molar-refractivity contribution in [3.8, 4) is 11.1 Å². The Bertz CT molecular complexity index is 572. The van der Waals surface area contributed by atoms with Crippen LogP contribution in [-0.2, 0) is 0 Å². The summed E-state index contributed by atoms with van der Waals surface area (Å²) in [5.41, 5.74) is 2.89. The zero-order chi connectivity index (χ0) is 11.1. The van der Waals surface area contributed by atoms with Gasteiger partial charge in [0, 0.05) is 5.56 Å². The van der Waals surface area contributed by atoms with Crippen molar-refractivity contribution in [3.05, 3.63) is 59.7 Å². The number of rotatable bonds is 0. The van der Waals surface area contributed by atoms with Crippen LogP contribution in [0.1, 0.15) is 22.0 Å². The average Bonchev–Trinajstić information content (AvgIpc) is 2.36. The number of Topliss-reactive ketones (excluding diaryl/α,β-unsaturated/α-hetero) is 1. The molecule has 2 heteroatoms. The van der Waals surface area contributed by atoms with Gasteiger partial charge in [-0.3, -0.25) is 4.79 Å². The zero-order valence-corrected chi connectivity index (χ0v) is 8.51. The Morgan fingerprint density at radius 2 is 1.38 bits per heavy atom. The quantitative estimate of drug-likeness (QED) is 0.665. The molecule has 0 heterocycles. The first-order chi connectivity index (χ1) is 7.79. The van der Waals surface area contributed by atoms with E-state index in [-0.39, 0.29) is 5.78 Å². The first-order valence-corrected chi connectivity index (χ1v) is 5.17. The van der Waals surface area contributed by atoms with Crippen LogP contribution in [-0.4, -0.2) is 5.78 Å². The van der Waals surface area contributed by atoms with Crippen LogP contribution < -0.4 is 5.11 Å². The van der Waals surface area contributed by atoms with Gasteiger partial charge in [-0.15, -0.1) is 0 Å². The van der Waals surface area contributed by atoms with Crippen LogP contribution in [0.5, 0.6) is 0 Å². The highest BCUT2D eigenvalue weighted by Crippen LogP contribution is 2.36. The first kappa shape index (κ1) is 9.31. The highest BCUT2D eigenvalue weighted by molar-refractivity contribution is 6.09. The molecular formula is C14H9O2-. The summed E-state index contributed by atoms with van der Waals surface area (Å²) >= 11 is 0. The Kier molecular flexibility index (Phi) is 1.91. The molecule has 0 aliphatic heterocycles. The van der Waals surface area contributed by atoms with Gasteiger partial charge in [-0.05, 0) is 22.8 Å². The van der Waals surface area contributed by atoms with Gasteiger partial charge < -0.3 is 5.11 Å². The number of hydrogen-bond donors (Lipinski definition) is 0. The van der Waals surface area contributed by atoms with E-state index < -0.39 is 6.10 Å². The van der Waals surface area contributed by atoms with Gasteiger partial charge in [0.2, 0.25) is 0 Å². The molecule has 0 N–H and O–H groups in total. The standard InChI is InChI=1S/C14H9O2/c15-13-11-7-3-1-5-9(11)10-6-2-4-8-12(10)14(13)16/h1-8,13H/q-1. The van der Waals surface area contributed by atoms with Crippen molar-refractivity contribution in [2.75, 3.05) is 0 Å². The van der Waals surface area contributed by atoms with Crippen molar-refractivity contribution in [2.24, 2.45) is 0 Å². The lowest BCUT2D eigenvalue weighted by Gasteiger charge is -2.30. The van der Waals surface area contributed by atoms with Gasteiger partial charge in [0.25, 0.3) is 0 Å². The third kappa shape index (κ3) is 1.14. The third-order valence-corrected chi connectivity index (χ3v) is 2.96. The zero-order valence-electron chi connectivity index (χ0n) is 8.51. The van der Waals surface area contributed by atoms with Crippen molar-refractivity contribution in [3.63, 3.8) is 0 Å². The van der Waals surface area contributed by atoms with E-state index >= 15 is 0 Å². The van der Waals surface area contributed by atoms with Gasteiger partial charge >= 0.3 is 0 Å². The minimum atomic E-state index is -1.27. The predicted octanol–water partition coefficient (Wildman–Crippen LogP) is 1.95. The number of carbonyl (C=O) groups is 1. The lowest BCUT2D eigenvalue weighted by atomic mass is 9.83. The van der Waals surface area contributed by atoms with Crippen molar-refractivity contribution in [1.82, 2.24) is 0 Å². The lowest BCUT2D eigenvalue weighted by Crippen LogP contribution is -2.29. The SMILES string of the molecule is O=C1c2ccccc2-c2ccccc2C1[O-]. The van der Waals surface area contributed by atoms with Crippen LogP contribution in [0.2, 0.25) is 0 Å². The number of fused-ring (bicyclic) bond motifs is 3. The van der Waals surface area contributed by atoms with E-state index in [1.54, 1.807) is 24.3 Å². The summed E-state index contributed by atoms with van der Waals surface area (Å²) in [6.07, 6.45) is -1.27. The molecule has 0 saturated heterocycles.